The molecule has 0 atom stereocenters. The average molecular weight is 378 g/mol. The van der Waals surface area contributed by atoms with Crippen molar-refractivity contribution < 1.29 is 18.0 Å². The van der Waals surface area contributed by atoms with E-state index < -0.39 is 23.6 Å². The number of aromatic nitrogens is 1. The Morgan fingerprint density at radius 3 is 2.53 bits per heavy atom. The van der Waals surface area contributed by atoms with E-state index in [0.29, 0.717) is 3.57 Å². The second-order valence-electron chi connectivity index (χ2n) is 3.55. The zero-order chi connectivity index (χ0) is 14.0. The molecule has 0 unspecified atom stereocenters. The number of pyridine rings is 1. The molecule has 0 aliphatic heterocycles. The minimum Gasteiger partial charge on any atom is -0.318 e. The number of nitrogens with zero attached hydrogens (tertiary/aromatic N) is 1. The summed E-state index contributed by atoms with van der Waals surface area (Å²) in [5.74, 6) is -3.20. The van der Waals surface area contributed by atoms with Crippen LogP contribution in [0.15, 0.2) is 30.3 Å². The molecule has 1 heterocycles. The van der Waals surface area contributed by atoms with E-state index in [-0.39, 0.29) is 11.3 Å². The van der Waals surface area contributed by atoms with Crippen LogP contribution in [0.3, 0.4) is 0 Å². The summed E-state index contributed by atoms with van der Waals surface area (Å²) in [6.07, 6.45) is 0. The molecule has 0 spiro atoms. The van der Waals surface area contributed by atoms with Crippen molar-refractivity contribution in [2.75, 3.05) is 5.32 Å². The van der Waals surface area contributed by atoms with Gasteiger partial charge in [-0.2, -0.15) is 13.8 Å². The maximum Gasteiger partial charge on any atom is 0.256 e. The fraction of sp³-hybridized carbons (Fsp3) is 0. The fourth-order valence-corrected chi connectivity index (χ4v) is 2.09. The van der Waals surface area contributed by atoms with Crippen LogP contribution in [0, 0.1) is 21.3 Å². The lowest BCUT2D eigenvalue weighted by molar-refractivity contribution is 0.102. The van der Waals surface area contributed by atoms with Gasteiger partial charge in [0.2, 0.25) is 11.9 Å². The molecule has 2 rings (SSSR count). The Balaban J connectivity index is 2.25. The van der Waals surface area contributed by atoms with Crippen LogP contribution >= 0.6 is 22.6 Å². The average Bonchev–Trinajstić information content (AvgIpc) is 2.32. The van der Waals surface area contributed by atoms with Gasteiger partial charge in [-0.1, -0.05) is 0 Å². The van der Waals surface area contributed by atoms with E-state index in [1.165, 1.54) is 12.1 Å². The highest BCUT2D eigenvalue weighted by atomic mass is 127. The van der Waals surface area contributed by atoms with Crippen LogP contribution < -0.4 is 5.32 Å². The number of hydrogen-bond donors (Lipinski definition) is 1. The van der Waals surface area contributed by atoms with E-state index in [1.807, 2.05) is 0 Å². The highest BCUT2D eigenvalue weighted by Gasteiger charge is 2.14. The summed E-state index contributed by atoms with van der Waals surface area (Å²) in [5.41, 5.74) is -0.0581. The molecular formula is C12H6F3IN2O. The van der Waals surface area contributed by atoms with Gasteiger partial charge in [-0.3, -0.25) is 4.79 Å². The van der Waals surface area contributed by atoms with Crippen LogP contribution in [0.2, 0.25) is 0 Å². The maximum atomic E-state index is 13.3. The third kappa shape index (κ3) is 3.22. The van der Waals surface area contributed by atoms with Crippen LogP contribution in [0.1, 0.15) is 10.4 Å². The smallest absolute Gasteiger partial charge is 0.256 e. The number of carbonyl (C=O) groups excluding carboxylic acids is 1. The number of benzene rings is 1. The molecule has 1 aromatic carbocycles. The molecule has 0 radical (unpaired) electrons. The van der Waals surface area contributed by atoms with Crippen LogP contribution in [0.4, 0.5) is 18.9 Å². The molecule has 1 amide bonds. The number of amides is 1. The number of halogens is 4. The van der Waals surface area contributed by atoms with Crippen LogP contribution in [-0.4, -0.2) is 10.9 Å². The van der Waals surface area contributed by atoms with Crippen molar-refractivity contribution in [1.29, 1.82) is 0 Å². The van der Waals surface area contributed by atoms with E-state index in [1.54, 1.807) is 22.6 Å². The van der Waals surface area contributed by atoms with Gasteiger partial charge in [0.05, 0.1) is 11.3 Å². The lowest BCUT2D eigenvalue weighted by atomic mass is 10.2. The van der Waals surface area contributed by atoms with Crippen molar-refractivity contribution in [1.82, 2.24) is 4.98 Å². The Morgan fingerprint density at radius 2 is 1.89 bits per heavy atom. The number of carbonyl (C=O) groups is 1. The largest absolute Gasteiger partial charge is 0.318 e. The molecule has 0 bridgehead atoms. The van der Waals surface area contributed by atoms with Gasteiger partial charge in [-0.05, 0) is 52.9 Å². The highest BCUT2D eigenvalue weighted by Crippen LogP contribution is 2.17. The molecule has 0 saturated carbocycles. The minimum atomic E-state index is -1.12. The molecule has 0 aliphatic rings. The summed E-state index contributed by atoms with van der Waals surface area (Å²) >= 11 is 1.79. The topological polar surface area (TPSA) is 42.0 Å². The van der Waals surface area contributed by atoms with Crippen LogP contribution in [0.5, 0.6) is 0 Å². The summed E-state index contributed by atoms with van der Waals surface area (Å²) in [6.45, 7) is 0. The highest BCUT2D eigenvalue weighted by molar-refractivity contribution is 14.1. The Labute approximate surface area is 120 Å². The maximum absolute atomic E-state index is 13.3. The van der Waals surface area contributed by atoms with Crippen LogP contribution in [0.25, 0.3) is 0 Å². The van der Waals surface area contributed by atoms with Gasteiger partial charge < -0.3 is 5.32 Å². The number of hydrogen-bond acceptors (Lipinski definition) is 2. The molecule has 0 saturated heterocycles. The van der Waals surface area contributed by atoms with E-state index in [2.05, 4.69) is 10.3 Å². The van der Waals surface area contributed by atoms with Gasteiger partial charge in [-0.15, -0.1) is 0 Å². The first-order chi connectivity index (χ1) is 8.97. The lowest BCUT2D eigenvalue weighted by Crippen LogP contribution is -2.15. The summed E-state index contributed by atoms with van der Waals surface area (Å²) in [5, 5.41) is 2.24. The first kappa shape index (κ1) is 13.8. The minimum absolute atomic E-state index is 0.186. The van der Waals surface area contributed by atoms with Crippen molar-refractivity contribution in [3.8, 4) is 0 Å². The molecule has 98 valence electrons. The Morgan fingerprint density at radius 1 is 1.16 bits per heavy atom. The molecule has 2 aromatic rings. The second-order valence-corrected chi connectivity index (χ2v) is 4.71. The third-order valence-electron chi connectivity index (χ3n) is 2.24. The lowest BCUT2D eigenvalue weighted by Gasteiger charge is -2.07. The molecular weight excluding hydrogens is 372 g/mol. The molecule has 0 aliphatic carbocycles. The Kier molecular flexibility index (Phi) is 4.03. The van der Waals surface area contributed by atoms with Gasteiger partial charge in [0.1, 0.15) is 5.82 Å². The zero-order valence-electron chi connectivity index (χ0n) is 9.25. The molecule has 3 nitrogen and oxygen atoms in total. The van der Waals surface area contributed by atoms with E-state index in [9.17, 15) is 18.0 Å². The molecule has 7 heteroatoms. The molecule has 1 N–H and O–H groups in total. The predicted molar refractivity (Wildman–Crippen MR) is 71.2 cm³/mol. The zero-order valence-corrected chi connectivity index (χ0v) is 11.4. The van der Waals surface area contributed by atoms with E-state index >= 15 is 0 Å². The standard InChI is InChI=1S/C12H6F3IN2O/c13-6-1-2-7(8(16)5-6)12(19)17-9-3-4-10(14)18-11(9)15/h1-5H,(H,17,19). The number of anilines is 1. The Hall–Kier alpha value is -1.64. The second kappa shape index (κ2) is 5.55. The van der Waals surface area contributed by atoms with Gasteiger partial charge in [-0.25, -0.2) is 4.39 Å². The molecule has 0 fully saturated rings. The van der Waals surface area contributed by atoms with Crippen molar-refractivity contribution in [3.63, 3.8) is 0 Å². The number of nitrogens with one attached hydrogen (secondary N) is 1. The number of rotatable bonds is 2. The Bertz CT molecular complexity index is 649. The predicted octanol–water partition coefficient (Wildman–Crippen LogP) is 3.36. The van der Waals surface area contributed by atoms with Crippen molar-refractivity contribution in [3.05, 3.63) is 57.2 Å². The van der Waals surface area contributed by atoms with Gasteiger partial charge in [0.15, 0.2) is 0 Å². The first-order valence-corrected chi connectivity index (χ1v) is 6.13. The fourth-order valence-electron chi connectivity index (χ4n) is 1.37. The van der Waals surface area contributed by atoms with Crippen molar-refractivity contribution in [2.24, 2.45) is 0 Å². The molecule has 19 heavy (non-hydrogen) atoms. The molecule has 1 aromatic heterocycles. The summed E-state index contributed by atoms with van der Waals surface area (Å²) in [4.78, 5) is 14.8. The van der Waals surface area contributed by atoms with Crippen molar-refractivity contribution >= 4 is 34.2 Å². The normalized spacial score (nSPS) is 10.3. The van der Waals surface area contributed by atoms with E-state index in [0.717, 1.165) is 18.2 Å². The van der Waals surface area contributed by atoms with Crippen molar-refractivity contribution in [2.45, 2.75) is 0 Å². The van der Waals surface area contributed by atoms with Gasteiger partial charge in [0, 0.05) is 3.57 Å². The van der Waals surface area contributed by atoms with Gasteiger partial charge in [0.25, 0.3) is 5.91 Å². The summed E-state index contributed by atoms with van der Waals surface area (Å²) in [6, 6.07) is 5.56. The first-order valence-electron chi connectivity index (χ1n) is 5.06. The van der Waals surface area contributed by atoms with Crippen LogP contribution in [-0.2, 0) is 0 Å². The third-order valence-corrected chi connectivity index (χ3v) is 3.13. The van der Waals surface area contributed by atoms with E-state index in [4.69, 9.17) is 0 Å². The SMILES string of the molecule is O=C(Nc1ccc(F)nc1F)c1ccc(F)cc1I. The monoisotopic (exact) mass is 378 g/mol. The summed E-state index contributed by atoms with van der Waals surface area (Å²) in [7, 11) is 0. The summed E-state index contributed by atoms with van der Waals surface area (Å²) < 4.78 is 39.2. The van der Waals surface area contributed by atoms with Gasteiger partial charge >= 0.3 is 0 Å². The quantitative estimate of drug-likeness (QED) is 0.644.